The van der Waals surface area contributed by atoms with E-state index in [1.165, 1.54) is 21.9 Å². The molecule has 2 aromatic rings. The van der Waals surface area contributed by atoms with Crippen molar-refractivity contribution in [1.29, 1.82) is 0 Å². The maximum Gasteiger partial charge on any atom is 0.231 e. The van der Waals surface area contributed by atoms with Gasteiger partial charge in [-0.3, -0.25) is 4.79 Å². The zero-order valence-electron chi connectivity index (χ0n) is 14.7. The van der Waals surface area contributed by atoms with Crippen LogP contribution >= 0.6 is 11.3 Å². The Kier molecular flexibility index (Phi) is 4.79. The molecule has 0 unspecified atom stereocenters. The Labute approximate surface area is 161 Å². The van der Waals surface area contributed by atoms with Crippen molar-refractivity contribution in [2.45, 2.75) is 12.8 Å². The molecule has 1 amide bonds. The molecule has 1 aromatic heterocycles. The molecule has 144 valence electrons. The lowest BCUT2D eigenvalue weighted by atomic mass is 9.99. The predicted octanol–water partition coefficient (Wildman–Crippen LogP) is 2.15. The highest BCUT2D eigenvalue weighted by molar-refractivity contribution is 7.88. The van der Waals surface area contributed by atoms with E-state index in [4.69, 9.17) is 9.47 Å². The number of piperidine rings is 1. The molecule has 0 spiro atoms. The van der Waals surface area contributed by atoms with Crippen molar-refractivity contribution < 1.29 is 22.7 Å². The van der Waals surface area contributed by atoms with Crippen LogP contribution in [-0.4, -0.2) is 49.8 Å². The molecule has 1 atom stereocenters. The molecule has 0 bridgehead atoms. The molecule has 1 N–H and O–H groups in total. The summed E-state index contributed by atoms with van der Waals surface area (Å²) >= 11 is 1.33. The smallest absolute Gasteiger partial charge is 0.231 e. The fourth-order valence-corrected chi connectivity index (χ4v) is 4.82. The first kappa shape index (κ1) is 18.2. The molecule has 1 saturated heterocycles. The van der Waals surface area contributed by atoms with Crippen LogP contribution in [0.25, 0.3) is 11.3 Å². The van der Waals surface area contributed by atoms with E-state index in [-0.39, 0.29) is 25.2 Å². The summed E-state index contributed by atoms with van der Waals surface area (Å²) in [7, 11) is -3.28. The Hall–Kier alpha value is -2.17. The van der Waals surface area contributed by atoms with Crippen LogP contribution in [-0.2, 0) is 14.8 Å². The number of fused-ring (bicyclic) bond motifs is 1. The number of nitrogens with one attached hydrogen (secondary N) is 1. The van der Waals surface area contributed by atoms with Crippen LogP contribution in [0.1, 0.15) is 12.8 Å². The fourth-order valence-electron chi connectivity index (χ4n) is 3.18. The number of carbonyl (C=O) groups is 1. The highest BCUT2D eigenvalue weighted by atomic mass is 32.2. The van der Waals surface area contributed by atoms with Gasteiger partial charge in [0.05, 0.1) is 17.9 Å². The Morgan fingerprint density at radius 2 is 2.15 bits per heavy atom. The highest BCUT2D eigenvalue weighted by Crippen LogP contribution is 2.36. The first-order chi connectivity index (χ1) is 12.9. The number of thiazole rings is 1. The van der Waals surface area contributed by atoms with Crippen LogP contribution in [0.5, 0.6) is 11.5 Å². The van der Waals surface area contributed by atoms with Gasteiger partial charge in [0.2, 0.25) is 22.7 Å². The van der Waals surface area contributed by atoms with Gasteiger partial charge in [0.25, 0.3) is 0 Å². The van der Waals surface area contributed by atoms with Crippen molar-refractivity contribution in [2.24, 2.45) is 5.92 Å². The number of nitrogens with zero attached hydrogens (tertiary/aromatic N) is 2. The normalized spacial score (nSPS) is 19.8. The predicted molar refractivity (Wildman–Crippen MR) is 101 cm³/mol. The molecule has 0 aliphatic carbocycles. The zero-order chi connectivity index (χ0) is 19.0. The maximum atomic E-state index is 12.5. The monoisotopic (exact) mass is 409 g/mol. The summed E-state index contributed by atoms with van der Waals surface area (Å²) in [5, 5.41) is 5.17. The average Bonchev–Trinajstić information content (AvgIpc) is 3.29. The van der Waals surface area contributed by atoms with Crippen LogP contribution < -0.4 is 14.8 Å². The molecule has 1 aromatic carbocycles. The summed E-state index contributed by atoms with van der Waals surface area (Å²) < 4.78 is 35.5. The number of rotatable bonds is 4. The summed E-state index contributed by atoms with van der Waals surface area (Å²) in [5.74, 6) is 0.811. The molecule has 2 aliphatic heterocycles. The fraction of sp³-hybridized carbons (Fsp3) is 0.412. The summed E-state index contributed by atoms with van der Waals surface area (Å²) in [5.41, 5.74) is 1.60. The molecule has 2 aliphatic rings. The molecule has 27 heavy (non-hydrogen) atoms. The van der Waals surface area contributed by atoms with Gasteiger partial charge in [0, 0.05) is 24.0 Å². The van der Waals surface area contributed by atoms with Crippen molar-refractivity contribution in [1.82, 2.24) is 9.29 Å². The van der Waals surface area contributed by atoms with Gasteiger partial charge >= 0.3 is 0 Å². The van der Waals surface area contributed by atoms with Crippen LogP contribution in [0.15, 0.2) is 23.6 Å². The van der Waals surface area contributed by atoms with E-state index in [0.29, 0.717) is 36.0 Å². The van der Waals surface area contributed by atoms with Crippen molar-refractivity contribution in [3.05, 3.63) is 23.6 Å². The lowest BCUT2D eigenvalue weighted by molar-refractivity contribution is -0.120. The molecular formula is C17H19N3O5S2. The quantitative estimate of drug-likeness (QED) is 0.831. The first-order valence-corrected chi connectivity index (χ1v) is 11.2. The van der Waals surface area contributed by atoms with E-state index < -0.39 is 10.0 Å². The highest BCUT2D eigenvalue weighted by Gasteiger charge is 2.30. The molecule has 8 nitrogen and oxygen atoms in total. The minimum atomic E-state index is -3.28. The van der Waals surface area contributed by atoms with Crippen LogP contribution in [0.3, 0.4) is 0 Å². The van der Waals surface area contributed by atoms with E-state index in [1.807, 2.05) is 23.6 Å². The lowest BCUT2D eigenvalue weighted by Crippen LogP contribution is -2.43. The van der Waals surface area contributed by atoms with E-state index in [9.17, 15) is 13.2 Å². The Morgan fingerprint density at radius 3 is 2.96 bits per heavy atom. The Balaban J connectivity index is 1.44. The van der Waals surface area contributed by atoms with Crippen LogP contribution in [0.4, 0.5) is 5.13 Å². The number of aromatic nitrogens is 1. The van der Waals surface area contributed by atoms with Crippen LogP contribution in [0, 0.1) is 5.92 Å². The van der Waals surface area contributed by atoms with E-state index in [0.717, 1.165) is 11.3 Å². The van der Waals surface area contributed by atoms with Gasteiger partial charge in [-0.2, -0.15) is 0 Å². The van der Waals surface area contributed by atoms with Crippen LogP contribution in [0.2, 0.25) is 0 Å². The summed E-state index contributed by atoms with van der Waals surface area (Å²) in [6, 6.07) is 5.57. The van der Waals surface area contributed by atoms with Crippen molar-refractivity contribution in [3.8, 4) is 22.8 Å². The van der Waals surface area contributed by atoms with E-state index in [1.54, 1.807) is 0 Å². The van der Waals surface area contributed by atoms with Crippen molar-refractivity contribution in [2.75, 3.05) is 31.5 Å². The average molecular weight is 409 g/mol. The van der Waals surface area contributed by atoms with E-state index in [2.05, 4.69) is 10.3 Å². The number of anilines is 1. The molecule has 0 saturated carbocycles. The number of hydrogen-bond acceptors (Lipinski definition) is 7. The second-order valence-electron chi connectivity index (χ2n) is 6.56. The number of carbonyl (C=O) groups excluding carboxylic acids is 1. The SMILES string of the molecule is CS(=O)(=O)N1CCC[C@@H](C(=O)Nc2nc(-c3ccc4c(c3)OCO4)cs2)C1. The van der Waals surface area contributed by atoms with Gasteiger partial charge in [0.1, 0.15) is 0 Å². The van der Waals surface area contributed by atoms with E-state index >= 15 is 0 Å². The minimum Gasteiger partial charge on any atom is -0.454 e. The standard InChI is InChI=1S/C17H19N3O5S2/c1-27(22,23)20-6-2-3-12(8-20)16(21)19-17-18-13(9-26-17)11-4-5-14-15(7-11)25-10-24-14/h4-5,7,9,12H,2-3,6,8,10H2,1H3,(H,18,19,21)/t12-/m1/s1. The number of ether oxygens (including phenoxy) is 2. The number of sulfonamides is 1. The zero-order valence-corrected chi connectivity index (χ0v) is 16.3. The second-order valence-corrected chi connectivity index (χ2v) is 9.40. The largest absolute Gasteiger partial charge is 0.454 e. The third-order valence-corrected chi connectivity index (χ3v) is 6.65. The molecule has 4 rings (SSSR count). The summed E-state index contributed by atoms with van der Waals surface area (Å²) in [4.78, 5) is 17.0. The topological polar surface area (TPSA) is 97.8 Å². The van der Waals surface area contributed by atoms with Crippen molar-refractivity contribution in [3.63, 3.8) is 0 Å². The van der Waals surface area contributed by atoms with Gasteiger partial charge in [-0.05, 0) is 31.0 Å². The van der Waals surface area contributed by atoms with Gasteiger partial charge in [-0.25, -0.2) is 17.7 Å². The number of benzene rings is 1. The lowest BCUT2D eigenvalue weighted by Gasteiger charge is -2.29. The third kappa shape index (κ3) is 3.92. The third-order valence-electron chi connectivity index (χ3n) is 4.63. The molecule has 10 heteroatoms. The minimum absolute atomic E-state index is 0.199. The first-order valence-electron chi connectivity index (χ1n) is 8.52. The summed E-state index contributed by atoms with van der Waals surface area (Å²) in [6.45, 7) is 0.891. The molecule has 3 heterocycles. The second kappa shape index (κ2) is 7.10. The van der Waals surface area contributed by atoms with Gasteiger partial charge in [-0.1, -0.05) is 0 Å². The van der Waals surface area contributed by atoms with Gasteiger partial charge in [0.15, 0.2) is 16.6 Å². The van der Waals surface area contributed by atoms with Gasteiger partial charge < -0.3 is 14.8 Å². The molecular weight excluding hydrogens is 390 g/mol. The van der Waals surface area contributed by atoms with Gasteiger partial charge in [-0.15, -0.1) is 11.3 Å². The Morgan fingerprint density at radius 1 is 1.33 bits per heavy atom. The molecule has 0 radical (unpaired) electrons. The molecule has 1 fully saturated rings. The summed E-state index contributed by atoms with van der Waals surface area (Å²) in [6.07, 6.45) is 2.51. The van der Waals surface area contributed by atoms with Crippen molar-refractivity contribution >= 4 is 32.4 Å². The Bertz CT molecular complexity index is 973. The number of amides is 1. The number of hydrogen-bond donors (Lipinski definition) is 1. The maximum absolute atomic E-state index is 12.5.